The zero-order chi connectivity index (χ0) is 8.36. The molecule has 0 aliphatic rings. The van der Waals surface area contributed by atoms with Crippen molar-refractivity contribution in [3.63, 3.8) is 0 Å². The van der Waals surface area contributed by atoms with Crippen molar-refractivity contribution in [1.29, 1.82) is 0 Å². The van der Waals surface area contributed by atoms with Crippen molar-refractivity contribution in [3.05, 3.63) is 30.6 Å². The van der Waals surface area contributed by atoms with Gasteiger partial charge in [-0.1, -0.05) is 6.07 Å². The van der Waals surface area contributed by atoms with Gasteiger partial charge in [0.05, 0.1) is 18.5 Å². The van der Waals surface area contributed by atoms with Crippen LogP contribution in [0.3, 0.4) is 0 Å². The number of rotatable bonds is 2. The molecule has 11 heavy (non-hydrogen) atoms. The molecule has 0 amide bonds. The first-order chi connectivity index (χ1) is 5.41. The minimum absolute atomic E-state index is 0.490. The molecule has 0 aliphatic heterocycles. The van der Waals surface area contributed by atoms with Gasteiger partial charge in [-0.25, -0.2) is 4.89 Å². The van der Waals surface area contributed by atoms with Crippen molar-refractivity contribution < 1.29 is 9.33 Å². The van der Waals surface area contributed by atoms with E-state index in [-0.39, 0.29) is 0 Å². The Hall–Kier alpha value is -0.640. The Labute approximate surface area is 71.0 Å². The molecule has 4 heteroatoms. The Morgan fingerprint density at radius 1 is 1.27 bits per heavy atom. The third-order valence-electron chi connectivity index (χ3n) is 0.729. The molecular formula is C7H10ClNO2. The second-order valence-electron chi connectivity index (χ2n) is 1.49. The summed E-state index contributed by atoms with van der Waals surface area (Å²) >= 11 is 4.58. The van der Waals surface area contributed by atoms with Crippen molar-refractivity contribution in [3.8, 4) is 0 Å². The molecule has 0 aliphatic carbocycles. The fraction of sp³-hybridized carbons (Fsp3) is 0.286. The zero-order valence-corrected chi connectivity index (χ0v) is 6.99. The summed E-state index contributed by atoms with van der Waals surface area (Å²) in [4.78, 5) is 7.88. The summed E-state index contributed by atoms with van der Waals surface area (Å²) in [7, 11) is 0. The highest BCUT2D eigenvalue weighted by Gasteiger charge is 1.66. The standard InChI is InChI=1S/C5H5N.C2H5ClO2/c1-2-4-6-5-3-1;1-2-4-5-3/h1-5H;2H2,1H3. The van der Waals surface area contributed by atoms with Gasteiger partial charge in [-0.15, -0.1) is 4.44 Å². The van der Waals surface area contributed by atoms with Gasteiger partial charge in [-0.05, 0) is 19.1 Å². The predicted molar refractivity (Wildman–Crippen MR) is 42.8 cm³/mol. The quantitative estimate of drug-likeness (QED) is 0.510. The van der Waals surface area contributed by atoms with Crippen molar-refractivity contribution in [1.82, 2.24) is 4.98 Å². The van der Waals surface area contributed by atoms with Crippen LogP contribution in [0.1, 0.15) is 6.92 Å². The molecule has 1 aromatic rings. The second-order valence-corrected chi connectivity index (χ2v) is 1.62. The first kappa shape index (κ1) is 10.4. The molecule has 0 spiro atoms. The Balaban J connectivity index is 0.000000187. The van der Waals surface area contributed by atoms with Crippen molar-refractivity contribution in [2.24, 2.45) is 0 Å². The van der Waals surface area contributed by atoms with Gasteiger partial charge >= 0.3 is 0 Å². The normalized spacial score (nSPS) is 8.18. The smallest absolute Gasteiger partial charge is 0.0999 e. The molecule has 0 radical (unpaired) electrons. The van der Waals surface area contributed by atoms with Gasteiger partial charge in [0.2, 0.25) is 0 Å². The van der Waals surface area contributed by atoms with E-state index >= 15 is 0 Å². The second kappa shape index (κ2) is 9.36. The molecule has 0 saturated carbocycles. The molecule has 0 bridgehead atoms. The number of nitrogens with zero attached hydrogens (tertiary/aromatic N) is 1. The van der Waals surface area contributed by atoms with E-state index in [4.69, 9.17) is 0 Å². The molecule has 0 unspecified atom stereocenters. The zero-order valence-electron chi connectivity index (χ0n) is 6.24. The van der Waals surface area contributed by atoms with Gasteiger partial charge in [-0.3, -0.25) is 4.98 Å². The first-order valence-corrected chi connectivity index (χ1v) is 3.48. The summed E-state index contributed by atoms with van der Waals surface area (Å²) in [6.45, 7) is 2.27. The van der Waals surface area contributed by atoms with Gasteiger partial charge in [0, 0.05) is 12.4 Å². The topological polar surface area (TPSA) is 31.4 Å². The number of halogens is 1. The maximum Gasteiger partial charge on any atom is 0.0999 e. The monoisotopic (exact) mass is 175 g/mol. The van der Waals surface area contributed by atoms with E-state index in [9.17, 15) is 0 Å². The van der Waals surface area contributed by atoms with Crippen LogP contribution < -0.4 is 0 Å². The highest BCUT2D eigenvalue weighted by molar-refractivity contribution is 6.06. The Bertz CT molecular complexity index is 120. The third-order valence-corrected chi connectivity index (χ3v) is 0.818. The van der Waals surface area contributed by atoms with Gasteiger partial charge in [0.25, 0.3) is 0 Å². The summed E-state index contributed by atoms with van der Waals surface area (Å²) in [6, 6.07) is 5.72. The van der Waals surface area contributed by atoms with Crippen LogP contribution in [0.5, 0.6) is 0 Å². The van der Waals surface area contributed by atoms with Crippen LogP contribution >= 0.6 is 11.9 Å². The lowest BCUT2D eigenvalue weighted by atomic mass is 10.5. The molecule has 0 N–H and O–H groups in total. The molecule has 1 heterocycles. The van der Waals surface area contributed by atoms with Crippen LogP contribution in [0.25, 0.3) is 0 Å². The van der Waals surface area contributed by atoms with E-state index in [0.29, 0.717) is 6.61 Å². The largest absolute Gasteiger partial charge is 0.265 e. The number of aromatic nitrogens is 1. The molecule has 0 atom stereocenters. The van der Waals surface area contributed by atoms with E-state index < -0.39 is 0 Å². The fourth-order valence-corrected chi connectivity index (χ4v) is 0.446. The highest BCUT2D eigenvalue weighted by atomic mass is 35.5. The van der Waals surface area contributed by atoms with Crippen LogP contribution in [0, 0.1) is 0 Å². The SMILES string of the molecule is CCOOCl.c1ccncc1. The fourth-order valence-electron chi connectivity index (χ4n) is 0.357. The average molecular weight is 176 g/mol. The van der Waals surface area contributed by atoms with E-state index in [0.717, 1.165) is 0 Å². The molecular weight excluding hydrogens is 166 g/mol. The number of pyridine rings is 1. The van der Waals surface area contributed by atoms with Crippen LogP contribution in [-0.4, -0.2) is 11.6 Å². The predicted octanol–water partition coefficient (Wildman–Crippen LogP) is 2.19. The van der Waals surface area contributed by atoms with Gasteiger partial charge in [0.15, 0.2) is 0 Å². The molecule has 0 aromatic carbocycles. The summed E-state index contributed by atoms with van der Waals surface area (Å²) in [5.41, 5.74) is 0. The summed E-state index contributed by atoms with van der Waals surface area (Å²) in [5, 5.41) is 0. The van der Waals surface area contributed by atoms with Crippen LogP contribution in [-0.2, 0) is 9.33 Å². The lowest BCUT2D eigenvalue weighted by molar-refractivity contribution is -0.197. The number of hydrogen-bond acceptors (Lipinski definition) is 3. The van der Waals surface area contributed by atoms with Crippen molar-refractivity contribution in [2.45, 2.75) is 6.92 Å². The molecule has 62 valence electrons. The Morgan fingerprint density at radius 3 is 2.00 bits per heavy atom. The Morgan fingerprint density at radius 2 is 1.91 bits per heavy atom. The minimum Gasteiger partial charge on any atom is -0.265 e. The maximum atomic E-state index is 4.58. The first-order valence-electron chi connectivity index (χ1n) is 3.17. The molecule has 0 fully saturated rings. The summed E-state index contributed by atoms with van der Waals surface area (Å²) in [5.74, 6) is 0. The van der Waals surface area contributed by atoms with Crippen LogP contribution in [0.15, 0.2) is 30.6 Å². The molecule has 0 saturated heterocycles. The van der Waals surface area contributed by atoms with Crippen LogP contribution in [0.2, 0.25) is 0 Å². The van der Waals surface area contributed by atoms with Crippen molar-refractivity contribution in [2.75, 3.05) is 6.61 Å². The van der Waals surface area contributed by atoms with E-state index in [1.807, 2.05) is 18.2 Å². The van der Waals surface area contributed by atoms with Gasteiger partial charge in [-0.2, -0.15) is 0 Å². The third kappa shape index (κ3) is 9.36. The Kier molecular flexibility index (Phi) is 8.82. The van der Waals surface area contributed by atoms with Crippen molar-refractivity contribution >= 4 is 11.9 Å². The molecule has 1 aromatic heterocycles. The lowest BCUT2D eigenvalue weighted by Gasteiger charge is -1.82. The molecule has 1 rings (SSSR count). The summed E-state index contributed by atoms with van der Waals surface area (Å²) < 4.78 is 3.66. The van der Waals surface area contributed by atoms with Crippen LogP contribution in [0.4, 0.5) is 0 Å². The maximum absolute atomic E-state index is 4.58. The molecule has 3 nitrogen and oxygen atoms in total. The average Bonchev–Trinajstić information content (AvgIpc) is 2.10. The van der Waals surface area contributed by atoms with E-state index in [1.54, 1.807) is 19.3 Å². The summed E-state index contributed by atoms with van der Waals surface area (Å²) in [6.07, 6.45) is 3.50. The van der Waals surface area contributed by atoms with E-state index in [1.165, 1.54) is 0 Å². The minimum atomic E-state index is 0.490. The van der Waals surface area contributed by atoms with Gasteiger partial charge < -0.3 is 0 Å². The van der Waals surface area contributed by atoms with Gasteiger partial charge in [0.1, 0.15) is 0 Å². The lowest BCUT2D eigenvalue weighted by Crippen LogP contribution is -1.78. The van der Waals surface area contributed by atoms with E-state index in [2.05, 4.69) is 26.2 Å². The highest BCUT2D eigenvalue weighted by Crippen LogP contribution is 1.77. The number of hydrogen-bond donors (Lipinski definition) is 0.